The second-order valence-corrected chi connectivity index (χ2v) is 4.93. The Hall–Kier alpha value is -0.260. The van der Waals surface area contributed by atoms with Crippen LogP contribution in [0, 0.1) is 0 Å². The van der Waals surface area contributed by atoms with Crippen LogP contribution in [0.4, 0.5) is 0 Å². The number of benzene rings is 1. The summed E-state index contributed by atoms with van der Waals surface area (Å²) in [5.74, 6) is 0.470. The maximum atomic E-state index is 9.21. The SMILES string of the molecule is CNCc1ccc(SCC(O)CO)cc1Cl. The number of aliphatic hydroxyl groups is 2. The van der Waals surface area contributed by atoms with Crippen molar-refractivity contribution in [2.45, 2.75) is 17.5 Å². The molecule has 90 valence electrons. The van der Waals surface area contributed by atoms with Crippen LogP contribution in [-0.2, 0) is 6.54 Å². The Bertz CT molecular complexity index is 336. The van der Waals surface area contributed by atoms with Gasteiger partial charge in [-0.3, -0.25) is 0 Å². The van der Waals surface area contributed by atoms with Gasteiger partial charge in [0.15, 0.2) is 0 Å². The summed E-state index contributed by atoms with van der Waals surface area (Å²) in [5.41, 5.74) is 1.05. The lowest BCUT2D eigenvalue weighted by Gasteiger charge is -2.08. The predicted octanol–water partition coefficient (Wildman–Crippen LogP) is 1.50. The Morgan fingerprint density at radius 2 is 2.25 bits per heavy atom. The van der Waals surface area contributed by atoms with Crippen molar-refractivity contribution in [1.29, 1.82) is 0 Å². The first-order valence-corrected chi connectivity index (χ1v) is 6.38. The number of thioether (sulfide) groups is 1. The summed E-state index contributed by atoms with van der Waals surface area (Å²) in [7, 11) is 1.87. The number of nitrogens with one attached hydrogen (secondary N) is 1. The summed E-state index contributed by atoms with van der Waals surface area (Å²) >= 11 is 7.57. The normalized spacial score (nSPS) is 12.8. The molecular weight excluding hydrogens is 246 g/mol. The average molecular weight is 262 g/mol. The van der Waals surface area contributed by atoms with Gasteiger partial charge in [0, 0.05) is 22.2 Å². The Labute approximate surface area is 105 Å². The summed E-state index contributed by atoms with van der Waals surface area (Å²) in [6.07, 6.45) is -0.680. The quantitative estimate of drug-likeness (QED) is 0.680. The van der Waals surface area contributed by atoms with Gasteiger partial charge in [-0.15, -0.1) is 11.8 Å². The van der Waals surface area contributed by atoms with Crippen LogP contribution in [0.2, 0.25) is 5.02 Å². The topological polar surface area (TPSA) is 52.5 Å². The van der Waals surface area contributed by atoms with Crippen LogP contribution < -0.4 is 5.32 Å². The van der Waals surface area contributed by atoms with E-state index in [2.05, 4.69) is 5.32 Å². The van der Waals surface area contributed by atoms with Crippen LogP contribution in [0.25, 0.3) is 0 Å². The Kier molecular flexibility index (Phi) is 6.16. The van der Waals surface area contributed by atoms with Crippen molar-refractivity contribution in [2.24, 2.45) is 0 Å². The molecule has 3 nitrogen and oxygen atoms in total. The first-order chi connectivity index (χ1) is 7.67. The van der Waals surface area contributed by atoms with Crippen molar-refractivity contribution >= 4 is 23.4 Å². The Balaban J connectivity index is 2.59. The summed E-state index contributed by atoms with van der Waals surface area (Å²) < 4.78 is 0. The molecule has 0 fully saturated rings. The third kappa shape index (κ3) is 4.31. The van der Waals surface area contributed by atoms with Crippen LogP contribution in [0.5, 0.6) is 0 Å². The fraction of sp³-hybridized carbons (Fsp3) is 0.455. The van der Waals surface area contributed by atoms with Crippen molar-refractivity contribution in [2.75, 3.05) is 19.4 Å². The first kappa shape index (κ1) is 13.8. The second kappa shape index (κ2) is 7.14. The summed E-state index contributed by atoms with van der Waals surface area (Å²) in [4.78, 5) is 0.998. The van der Waals surface area contributed by atoms with Crippen molar-refractivity contribution < 1.29 is 10.2 Å². The zero-order valence-corrected chi connectivity index (χ0v) is 10.7. The number of hydrogen-bond acceptors (Lipinski definition) is 4. The zero-order chi connectivity index (χ0) is 12.0. The molecule has 0 saturated carbocycles. The van der Waals surface area contributed by atoms with Crippen molar-refractivity contribution in [1.82, 2.24) is 5.32 Å². The maximum absolute atomic E-state index is 9.21. The highest BCUT2D eigenvalue weighted by Gasteiger charge is 2.05. The lowest BCUT2D eigenvalue weighted by molar-refractivity contribution is 0.113. The molecule has 1 rings (SSSR count). The summed E-state index contributed by atoms with van der Waals surface area (Å²) in [6.45, 7) is 0.529. The van der Waals surface area contributed by atoms with Crippen LogP contribution in [-0.4, -0.2) is 35.7 Å². The fourth-order valence-electron chi connectivity index (χ4n) is 1.20. The van der Waals surface area contributed by atoms with Crippen LogP contribution in [0.15, 0.2) is 23.1 Å². The summed E-state index contributed by atoms with van der Waals surface area (Å²) in [6, 6.07) is 5.81. The van der Waals surface area contributed by atoms with Gasteiger partial charge in [0.1, 0.15) is 0 Å². The lowest BCUT2D eigenvalue weighted by Crippen LogP contribution is -2.14. The van der Waals surface area contributed by atoms with Crippen molar-refractivity contribution in [3.05, 3.63) is 28.8 Å². The minimum absolute atomic E-state index is 0.210. The third-order valence-corrected chi connectivity index (χ3v) is 3.54. The smallest absolute Gasteiger partial charge is 0.0864 e. The number of halogens is 1. The third-order valence-electron chi connectivity index (χ3n) is 2.04. The predicted molar refractivity (Wildman–Crippen MR) is 68.0 cm³/mol. The van der Waals surface area contributed by atoms with Gasteiger partial charge in [-0.05, 0) is 24.7 Å². The van der Waals surface area contributed by atoms with Gasteiger partial charge in [-0.25, -0.2) is 0 Å². The van der Waals surface area contributed by atoms with Crippen LogP contribution in [0.3, 0.4) is 0 Å². The standard InChI is InChI=1S/C11H16ClNO2S/c1-13-5-8-2-3-10(4-11(8)12)16-7-9(15)6-14/h2-4,9,13-15H,5-7H2,1H3. The molecular formula is C11H16ClNO2S. The van der Waals surface area contributed by atoms with E-state index < -0.39 is 6.10 Å². The highest BCUT2D eigenvalue weighted by molar-refractivity contribution is 7.99. The molecule has 0 bridgehead atoms. The number of hydrogen-bond donors (Lipinski definition) is 3. The van der Waals surface area contributed by atoms with Gasteiger partial charge in [-0.2, -0.15) is 0 Å². The van der Waals surface area contributed by atoms with Crippen molar-refractivity contribution in [3.8, 4) is 0 Å². The molecule has 0 radical (unpaired) electrons. The minimum atomic E-state index is -0.680. The van der Waals surface area contributed by atoms with E-state index in [1.54, 1.807) is 0 Å². The molecule has 3 N–H and O–H groups in total. The van der Waals surface area contributed by atoms with Gasteiger partial charge in [0.05, 0.1) is 12.7 Å². The highest BCUT2D eigenvalue weighted by Crippen LogP contribution is 2.25. The second-order valence-electron chi connectivity index (χ2n) is 3.43. The van der Waals surface area contributed by atoms with Gasteiger partial charge < -0.3 is 15.5 Å². The van der Waals surface area contributed by atoms with Crippen molar-refractivity contribution in [3.63, 3.8) is 0 Å². The molecule has 1 atom stereocenters. The lowest BCUT2D eigenvalue weighted by atomic mass is 10.2. The molecule has 0 aliphatic heterocycles. The van der Waals surface area contributed by atoms with Gasteiger partial charge in [0.2, 0.25) is 0 Å². The molecule has 0 aliphatic rings. The number of rotatable bonds is 6. The largest absolute Gasteiger partial charge is 0.394 e. The minimum Gasteiger partial charge on any atom is -0.394 e. The monoisotopic (exact) mass is 261 g/mol. The zero-order valence-electron chi connectivity index (χ0n) is 9.11. The molecule has 0 aliphatic carbocycles. The van der Waals surface area contributed by atoms with Gasteiger partial charge >= 0.3 is 0 Å². The van der Waals surface area contributed by atoms with E-state index in [4.69, 9.17) is 16.7 Å². The van der Waals surface area contributed by atoms with E-state index in [9.17, 15) is 5.11 Å². The van der Waals surface area contributed by atoms with E-state index >= 15 is 0 Å². The average Bonchev–Trinajstić information content (AvgIpc) is 2.29. The van der Waals surface area contributed by atoms with Crippen LogP contribution in [0.1, 0.15) is 5.56 Å². The molecule has 0 spiro atoms. The van der Waals surface area contributed by atoms with Gasteiger partial charge in [0.25, 0.3) is 0 Å². The highest BCUT2D eigenvalue weighted by atomic mass is 35.5. The number of aliphatic hydroxyl groups excluding tert-OH is 2. The van der Waals surface area contributed by atoms with Gasteiger partial charge in [-0.1, -0.05) is 17.7 Å². The maximum Gasteiger partial charge on any atom is 0.0864 e. The molecule has 0 heterocycles. The first-order valence-electron chi connectivity index (χ1n) is 5.02. The van der Waals surface area contributed by atoms with E-state index in [0.29, 0.717) is 5.75 Å². The molecule has 0 aromatic heterocycles. The fourth-order valence-corrected chi connectivity index (χ4v) is 2.36. The molecule has 1 unspecified atom stereocenters. The molecule has 1 aromatic rings. The molecule has 1 aromatic carbocycles. The Morgan fingerprint density at radius 1 is 1.50 bits per heavy atom. The molecule has 0 saturated heterocycles. The Morgan fingerprint density at radius 3 is 2.81 bits per heavy atom. The summed E-state index contributed by atoms with van der Waals surface area (Å²) in [5, 5.41) is 21.7. The molecule has 5 heteroatoms. The molecule has 0 amide bonds. The van der Waals surface area contributed by atoms with Crippen LogP contribution >= 0.6 is 23.4 Å². The van der Waals surface area contributed by atoms with E-state index in [0.717, 1.165) is 22.0 Å². The molecule has 16 heavy (non-hydrogen) atoms. The van der Waals surface area contributed by atoms with E-state index in [1.165, 1.54) is 11.8 Å². The van der Waals surface area contributed by atoms with E-state index in [-0.39, 0.29) is 6.61 Å². The van der Waals surface area contributed by atoms with E-state index in [1.807, 2.05) is 25.2 Å².